The van der Waals surface area contributed by atoms with E-state index in [1.807, 2.05) is 4.98 Å². The van der Waals surface area contributed by atoms with E-state index in [2.05, 4.69) is 38.9 Å². The van der Waals surface area contributed by atoms with E-state index >= 15 is 0 Å². The predicted molar refractivity (Wildman–Crippen MR) is 242 cm³/mol. The van der Waals surface area contributed by atoms with Gasteiger partial charge in [-0.15, -0.1) is 0 Å². The van der Waals surface area contributed by atoms with Crippen molar-refractivity contribution in [3.8, 4) is 0 Å². The van der Waals surface area contributed by atoms with E-state index in [0.29, 0.717) is 0 Å². The predicted octanol–water partition coefficient (Wildman–Crippen LogP) is -3.96. The zero-order valence-corrected chi connectivity index (χ0v) is 41.5. The number of amides is 1. The Hall–Kier alpha value is -5.26. The van der Waals surface area contributed by atoms with Gasteiger partial charge in [-0.2, -0.15) is 8.62 Å². The zero-order valence-electron chi connectivity index (χ0n) is 38.8. The maximum absolute atomic E-state index is 13.6. The van der Waals surface area contributed by atoms with Crippen molar-refractivity contribution in [3.63, 3.8) is 0 Å². The number of hydrogen-bond acceptors (Lipinski definition) is 25. The number of nitrogens with two attached hydrogens (primary N) is 2. The molecule has 1 amide bonds. The number of anilines is 2. The molecule has 35 nitrogen and oxygen atoms in total. The summed E-state index contributed by atoms with van der Waals surface area (Å²) in [5.74, 6) is -3.08. The monoisotopic (exact) mass is 1110 g/mol. The first-order valence-electron chi connectivity index (χ1n) is 21.9. The molecule has 8 rings (SSSR count). The Bertz CT molecular complexity index is 3210. The van der Waals surface area contributed by atoms with Gasteiger partial charge in [0.15, 0.2) is 30.2 Å². The van der Waals surface area contributed by atoms with Crippen molar-refractivity contribution in [2.24, 2.45) is 18.9 Å². The number of aryl methyl sites for hydroxylation is 1. The quantitative estimate of drug-likeness (QED) is 0.0247. The van der Waals surface area contributed by atoms with Gasteiger partial charge in [-0.1, -0.05) is 4.98 Å². The number of rotatable bonds is 21. The second-order valence-electron chi connectivity index (χ2n) is 17.0. The number of H-pyrrole nitrogens is 2. The van der Waals surface area contributed by atoms with Gasteiger partial charge in [-0.05, 0) is 6.42 Å². The summed E-state index contributed by atoms with van der Waals surface area (Å²) in [7, 11) is -13.5. The molecule has 406 valence electrons. The summed E-state index contributed by atoms with van der Waals surface area (Å²) in [6.45, 7) is -2.31. The molecule has 3 saturated heterocycles. The van der Waals surface area contributed by atoms with Gasteiger partial charge < -0.3 is 70.5 Å². The number of imidazole rings is 2. The third-order valence-electron chi connectivity index (χ3n) is 12.3. The number of carbonyl (C=O) groups excluding carboxylic acids is 1. The molecule has 4 unspecified atom stereocenters. The Morgan fingerprint density at radius 2 is 1.54 bits per heavy atom. The van der Waals surface area contributed by atoms with Crippen LogP contribution in [-0.2, 0) is 66.9 Å². The van der Waals surface area contributed by atoms with Crippen LogP contribution in [-0.4, -0.2) is 163 Å². The lowest BCUT2D eigenvalue weighted by molar-refractivity contribution is -0.745. The lowest BCUT2D eigenvalue weighted by Gasteiger charge is -2.24. The summed E-state index contributed by atoms with van der Waals surface area (Å²) in [6.07, 6.45) is -9.47. The second-order valence-corrected chi connectivity index (χ2v) is 21.6. The van der Waals surface area contributed by atoms with Gasteiger partial charge in [0, 0.05) is 57.9 Å². The van der Waals surface area contributed by atoms with E-state index in [1.165, 1.54) is 47.6 Å². The number of nitrogens with one attached hydrogen (secondary N) is 3. The summed E-state index contributed by atoms with van der Waals surface area (Å²) in [6, 6.07) is 0.991. The average Bonchev–Trinajstić information content (AvgIpc) is 4.12. The fourth-order valence-electron chi connectivity index (χ4n) is 8.93. The van der Waals surface area contributed by atoms with Gasteiger partial charge in [-0.3, -0.25) is 47.1 Å². The first kappa shape index (κ1) is 55.0. The Kier molecular flexibility index (Phi) is 16.2. The fourth-order valence-corrected chi connectivity index (χ4v) is 12.4. The van der Waals surface area contributed by atoms with Crippen LogP contribution in [0.2, 0.25) is 0 Å². The standard InChI is InChI=1S/C36H50N13O22P3/c1-46-14-49(30-23(46)31(55)45-35(38)44-30)32-24(52)15(5-7-63-2)18(68-32)10-65-72(57,58)70-74(61,62)71-73(59,60)66-11-19-16(27(64-3)34(69-19)48-13-42-22-28(37)40-12-41-29(22)48)8-21(51)39-9-17-25(53)26(54)33(67-17)47-6-4-20(50)43-36(47)56/h4,6,12-19,24-27,32-34,52-54H,5,7-11H2,1-3H3,(H9-,37,38,39,40,41,43,44,45,50,51,55,56,57,58,59,60,61,62)/p+1/t15-,16-,17-,18-,19?,24-,25-,26-,27-,32-,33-,34-/m1/s1. The van der Waals surface area contributed by atoms with Crippen molar-refractivity contribution in [3.05, 3.63) is 62.4 Å². The molecule has 15 atom stereocenters. The molecule has 0 bridgehead atoms. The molecular formula is C36H51N13O22P3+. The molecular weight excluding hydrogens is 1060 g/mol. The Morgan fingerprint density at radius 3 is 2.20 bits per heavy atom. The van der Waals surface area contributed by atoms with Gasteiger partial charge in [0.1, 0.15) is 42.4 Å². The Labute approximate surface area is 413 Å². The van der Waals surface area contributed by atoms with Gasteiger partial charge in [-0.25, -0.2) is 38.0 Å². The van der Waals surface area contributed by atoms with E-state index in [9.17, 15) is 62.9 Å². The highest BCUT2D eigenvalue weighted by Gasteiger charge is 2.52. The summed E-state index contributed by atoms with van der Waals surface area (Å²) >= 11 is 0. The number of nitrogen functional groups attached to an aromatic ring is 2. The number of aliphatic hydroxyl groups is 3. The smallest absolute Gasteiger partial charge is 0.387 e. The topological polar surface area (TPSA) is 490 Å². The number of phosphoric acid groups is 3. The Balaban J connectivity index is 0.928. The Morgan fingerprint density at radius 1 is 0.865 bits per heavy atom. The number of methoxy groups -OCH3 is 2. The fraction of sp³-hybridized carbons (Fsp3) is 0.583. The van der Waals surface area contributed by atoms with Gasteiger partial charge in [0.05, 0.1) is 38.8 Å². The number of phosphoric ester groups is 2. The van der Waals surface area contributed by atoms with E-state index < -0.39 is 146 Å². The zero-order chi connectivity index (χ0) is 53.6. The molecule has 38 heteroatoms. The first-order chi connectivity index (χ1) is 34.9. The van der Waals surface area contributed by atoms with Crippen molar-refractivity contribution in [2.75, 3.05) is 52.1 Å². The minimum absolute atomic E-state index is 0.0108. The average molecular weight is 1110 g/mol. The number of aromatic amines is 2. The number of fused-ring (bicyclic) bond motifs is 2. The van der Waals surface area contributed by atoms with Crippen LogP contribution in [0.15, 0.2) is 45.6 Å². The van der Waals surface area contributed by atoms with Crippen LogP contribution >= 0.6 is 23.5 Å². The second kappa shape index (κ2) is 21.8. The van der Waals surface area contributed by atoms with Gasteiger partial charge in [0.25, 0.3) is 17.1 Å². The lowest BCUT2D eigenvalue weighted by Crippen LogP contribution is -2.45. The number of carbonyl (C=O) groups is 1. The highest BCUT2D eigenvalue weighted by Crippen LogP contribution is 2.68. The van der Waals surface area contributed by atoms with Crippen molar-refractivity contribution in [1.29, 1.82) is 0 Å². The molecule has 0 radical (unpaired) electrons. The van der Waals surface area contributed by atoms with Crippen molar-refractivity contribution in [2.45, 2.75) is 74.3 Å². The summed E-state index contributed by atoms with van der Waals surface area (Å²) in [5.41, 5.74) is 9.80. The molecule has 3 aliphatic rings. The maximum Gasteiger partial charge on any atom is 0.490 e. The summed E-state index contributed by atoms with van der Waals surface area (Å²) in [5, 5.41) is 35.3. The van der Waals surface area contributed by atoms with Crippen LogP contribution in [0.5, 0.6) is 0 Å². The molecule has 0 aliphatic carbocycles. The summed E-state index contributed by atoms with van der Waals surface area (Å²) in [4.78, 5) is 103. The van der Waals surface area contributed by atoms with Gasteiger partial charge >= 0.3 is 34.8 Å². The van der Waals surface area contributed by atoms with Crippen LogP contribution < -0.4 is 38.2 Å². The minimum Gasteiger partial charge on any atom is -0.387 e. The van der Waals surface area contributed by atoms with Crippen LogP contribution in [0.4, 0.5) is 11.8 Å². The normalized spacial score (nSPS) is 29.6. The molecule has 5 aromatic heterocycles. The van der Waals surface area contributed by atoms with Crippen molar-refractivity contribution < 1.29 is 94.4 Å². The molecule has 3 aliphatic heterocycles. The molecule has 0 spiro atoms. The highest BCUT2D eigenvalue weighted by molar-refractivity contribution is 7.66. The van der Waals surface area contributed by atoms with Crippen LogP contribution in [0.3, 0.4) is 0 Å². The minimum atomic E-state index is -6.09. The maximum atomic E-state index is 13.6. The highest BCUT2D eigenvalue weighted by atomic mass is 31.3. The van der Waals surface area contributed by atoms with Crippen LogP contribution in [0.25, 0.3) is 22.3 Å². The number of ether oxygens (including phenoxy) is 5. The first-order valence-corrected chi connectivity index (χ1v) is 26.4. The molecule has 13 N–H and O–H groups in total. The van der Waals surface area contributed by atoms with Crippen LogP contribution in [0.1, 0.15) is 31.5 Å². The number of aromatic nitrogens is 10. The van der Waals surface area contributed by atoms with E-state index in [4.69, 9.17) is 44.2 Å². The number of hydrogen-bond donors (Lipinski definition) is 11. The molecule has 3 fully saturated rings. The van der Waals surface area contributed by atoms with Gasteiger partial charge in [0.2, 0.25) is 17.7 Å². The molecule has 5 aromatic rings. The number of aliphatic hydroxyl groups excluding tert-OH is 3. The van der Waals surface area contributed by atoms with E-state index in [0.717, 1.165) is 23.2 Å². The molecule has 74 heavy (non-hydrogen) atoms. The largest absolute Gasteiger partial charge is 0.490 e. The SMILES string of the molecule is COCC[C@H]1[C@@H](O)[C@H]([n+]2cn(C)c3c(=O)[nH]c(N)nc32)O[C@@H]1COP(=O)(O)OP(=O)(O)OP(=O)(O)OCC1O[C@@H](n2cnc3c(N)ncnc32)[C@H](OC)[C@@H]1CC(=O)NC[C@H]1O[C@@H](n2ccc(=O)[nH]c2=O)[C@H](O)[C@@H]1O. The molecule has 0 saturated carbocycles. The van der Waals surface area contributed by atoms with E-state index in [-0.39, 0.29) is 47.1 Å². The van der Waals surface area contributed by atoms with Crippen molar-refractivity contribution >= 4 is 63.5 Å². The molecule has 0 aromatic carbocycles. The number of nitrogens with zero attached hydrogens (tertiary/aromatic N) is 8. The van der Waals surface area contributed by atoms with E-state index in [1.54, 1.807) is 0 Å². The summed E-state index contributed by atoms with van der Waals surface area (Å²) < 4.78 is 91.7. The molecule has 8 heterocycles. The van der Waals surface area contributed by atoms with Crippen molar-refractivity contribution in [1.82, 2.24) is 48.9 Å². The third kappa shape index (κ3) is 11.6. The lowest BCUT2D eigenvalue weighted by atomic mass is 9.93. The van der Waals surface area contributed by atoms with Crippen LogP contribution in [0, 0.1) is 11.8 Å². The third-order valence-corrected chi connectivity index (χ3v) is 16.5.